The van der Waals surface area contributed by atoms with Gasteiger partial charge in [0.25, 0.3) is 5.91 Å². The summed E-state index contributed by atoms with van der Waals surface area (Å²) >= 11 is 0. The van der Waals surface area contributed by atoms with E-state index in [4.69, 9.17) is 4.74 Å². The number of ether oxygens (including phenoxy) is 1. The Labute approximate surface area is 173 Å². The van der Waals surface area contributed by atoms with Crippen molar-refractivity contribution in [2.24, 2.45) is 0 Å². The standard InChI is InChI=1S/C26H27NO2/c1-26(2,19-21-10-6-4-7-11-21)27-25(28)24(22-12-8-5-9-13-22)18-20-14-16-23(29-3)17-15-20/h4-18H,19H2,1-3H3,(H,27,28)/b24-18+. The van der Waals surface area contributed by atoms with E-state index in [-0.39, 0.29) is 11.4 Å². The van der Waals surface area contributed by atoms with Crippen LogP contribution >= 0.6 is 0 Å². The van der Waals surface area contributed by atoms with Crippen molar-refractivity contribution in [3.05, 3.63) is 102 Å². The lowest BCUT2D eigenvalue weighted by atomic mass is 9.93. The molecule has 0 fully saturated rings. The molecule has 1 amide bonds. The van der Waals surface area contributed by atoms with Crippen LogP contribution in [0.3, 0.4) is 0 Å². The van der Waals surface area contributed by atoms with Gasteiger partial charge in [-0.05, 0) is 55.2 Å². The van der Waals surface area contributed by atoms with Gasteiger partial charge in [-0.15, -0.1) is 0 Å². The van der Waals surface area contributed by atoms with Gasteiger partial charge in [-0.3, -0.25) is 4.79 Å². The van der Waals surface area contributed by atoms with Gasteiger partial charge in [0.05, 0.1) is 7.11 Å². The Hall–Kier alpha value is -3.33. The topological polar surface area (TPSA) is 38.3 Å². The summed E-state index contributed by atoms with van der Waals surface area (Å²) in [6, 6.07) is 27.6. The summed E-state index contributed by atoms with van der Waals surface area (Å²) < 4.78 is 5.23. The molecule has 0 unspecified atom stereocenters. The van der Waals surface area contributed by atoms with Gasteiger partial charge < -0.3 is 10.1 Å². The number of methoxy groups -OCH3 is 1. The second-order valence-electron chi connectivity index (χ2n) is 7.70. The van der Waals surface area contributed by atoms with Crippen LogP contribution in [0, 0.1) is 0 Å². The summed E-state index contributed by atoms with van der Waals surface area (Å²) in [5.41, 5.74) is 3.28. The Morgan fingerprint density at radius 2 is 1.48 bits per heavy atom. The fourth-order valence-corrected chi connectivity index (χ4v) is 3.29. The fraction of sp³-hybridized carbons (Fsp3) is 0.192. The summed E-state index contributed by atoms with van der Waals surface area (Å²) in [6.45, 7) is 4.10. The van der Waals surface area contributed by atoms with Gasteiger partial charge in [0.15, 0.2) is 0 Å². The minimum Gasteiger partial charge on any atom is -0.497 e. The molecule has 0 aliphatic rings. The number of carbonyl (C=O) groups excluding carboxylic acids is 1. The normalized spacial score (nSPS) is 11.8. The van der Waals surface area contributed by atoms with Crippen molar-refractivity contribution in [2.75, 3.05) is 7.11 Å². The lowest BCUT2D eigenvalue weighted by Crippen LogP contribution is -2.45. The van der Waals surface area contributed by atoms with E-state index in [1.54, 1.807) is 7.11 Å². The van der Waals surface area contributed by atoms with E-state index in [9.17, 15) is 4.79 Å². The summed E-state index contributed by atoms with van der Waals surface area (Å²) in [5, 5.41) is 3.21. The van der Waals surface area contributed by atoms with E-state index in [0.717, 1.165) is 23.3 Å². The smallest absolute Gasteiger partial charge is 0.252 e. The van der Waals surface area contributed by atoms with E-state index in [0.29, 0.717) is 5.57 Å². The minimum atomic E-state index is -0.383. The molecule has 0 aliphatic heterocycles. The SMILES string of the molecule is COc1ccc(/C=C(/C(=O)NC(C)(C)Cc2ccccc2)c2ccccc2)cc1. The number of benzene rings is 3. The van der Waals surface area contributed by atoms with Crippen molar-refractivity contribution in [1.29, 1.82) is 0 Å². The van der Waals surface area contributed by atoms with Crippen LogP contribution in [0.4, 0.5) is 0 Å². The van der Waals surface area contributed by atoms with Crippen LogP contribution in [0.5, 0.6) is 5.75 Å². The van der Waals surface area contributed by atoms with Gasteiger partial charge in [0.1, 0.15) is 5.75 Å². The zero-order chi connectivity index (χ0) is 20.7. The molecule has 0 spiro atoms. The highest BCUT2D eigenvalue weighted by Gasteiger charge is 2.23. The van der Waals surface area contributed by atoms with Gasteiger partial charge in [0.2, 0.25) is 0 Å². The molecule has 1 N–H and O–H groups in total. The maximum absolute atomic E-state index is 13.3. The highest BCUT2D eigenvalue weighted by atomic mass is 16.5. The van der Waals surface area contributed by atoms with Crippen molar-refractivity contribution in [3.8, 4) is 5.75 Å². The van der Waals surface area contributed by atoms with Gasteiger partial charge in [-0.25, -0.2) is 0 Å². The van der Waals surface area contributed by atoms with Gasteiger partial charge >= 0.3 is 0 Å². The molecule has 3 aromatic rings. The lowest BCUT2D eigenvalue weighted by molar-refractivity contribution is -0.117. The molecule has 0 aromatic heterocycles. The summed E-state index contributed by atoms with van der Waals surface area (Å²) in [4.78, 5) is 13.3. The zero-order valence-electron chi connectivity index (χ0n) is 17.2. The average Bonchev–Trinajstić information content (AvgIpc) is 2.73. The van der Waals surface area contributed by atoms with Crippen molar-refractivity contribution in [3.63, 3.8) is 0 Å². The molecule has 3 nitrogen and oxygen atoms in total. The molecule has 3 rings (SSSR count). The Morgan fingerprint density at radius 3 is 2.07 bits per heavy atom. The van der Waals surface area contributed by atoms with Crippen LogP contribution in [0.2, 0.25) is 0 Å². The fourth-order valence-electron chi connectivity index (χ4n) is 3.29. The second kappa shape index (κ2) is 9.24. The molecule has 0 saturated heterocycles. The van der Waals surface area contributed by atoms with Crippen LogP contribution in [0.25, 0.3) is 11.6 Å². The number of hydrogen-bond acceptors (Lipinski definition) is 2. The highest BCUT2D eigenvalue weighted by molar-refractivity contribution is 6.24. The van der Waals surface area contributed by atoms with E-state index >= 15 is 0 Å². The monoisotopic (exact) mass is 385 g/mol. The molecule has 0 saturated carbocycles. The van der Waals surface area contributed by atoms with Crippen LogP contribution in [-0.2, 0) is 11.2 Å². The Kier molecular flexibility index (Phi) is 6.50. The second-order valence-corrected chi connectivity index (χ2v) is 7.70. The van der Waals surface area contributed by atoms with E-state index in [2.05, 4.69) is 17.4 Å². The number of hydrogen-bond donors (Lipinski definition) is 1. The van der Waals surface area contributed by atoms with Crippen molar-refractivity contribution in [1.82, 2.24) is 5.32 Å². The zero-order valence-corrected chi connectivity index (χ0v) is 17.2. The average molecular weight is 386 g/mol. The summed E-state index contributed by atoms with van der Waals surface area (Å²) in [6.07, 6.45) is 2.67. The summed E-state index contributed by atoms with van der Waals surface area (Å²) in [5.74, 6) is 0.699. The molecule has 0 heterocycles. The summed E-state index contributed by atoms with van der Waals surface area (Å²) in [7, 11) is 1.64. The predicted octanol–water partition coefficient (Wildman–Crippen LogP) is 5.37. The molecule has 3 aromatic carbocycles. The Balaban J connectivity index is 1.87. The van der Waals surface area contributed by atoms with E-state index < -0.39 is 0 Å². The van der Waals surface area contributed by atoms with Crippen molar-refractivity contribution >= 4 is 17.6 Å². The molecular formula is C26H27NO2. The third-order valence-electron chi connectivity index (χ3n) is 4.70. The largest absolute Gasteiger partial charge is 0.497 e. The molecular weight excluding hydrogens is 358 g/mol. The predicted molar refractivity (Wildman–Crippen MR) is 120 cm³/mol. The first-order chi connectivity index (χ1) is 14.0. The van der Waals surface area contributed by atoms with Gasteiger partial charge in [-0.1, -0.05) is 72.8 Å². The first kappa shape index (κ1) is 20.4. The van der Waals surface area contributed by atoms with E-state index in [1.165, 1.54) is 5.56 Å². The Morgan fingerprint density at radius 1 is 0.897 bits per heavy atom. The number of amides is 1. The quantitative estimate of drug-likeness (QED) is 0.438. The molecule has 0 aliphatic carbocycles. The van der Waals surface area contributed by atoms with E-state index in [1.807, 2.05) is 92.7 Å². The van der Waals surface area contributed by atoms with Gasteiger partial charge in [0, 0.05) is 11.1 Å². The first-order valence-corrected chi connectivity index (χ1v) is 9.74. The first-order valence-electron chi connectivity index (χ1n) is 9.74. The number of carbonyl (C=O) groups is 1. The molecule has 3 heteroatoms. The number of rotatable bonds is 7. The van der Waals surface area contributed by atoms with Crippen LogP contribution in [0.1, 0.15) is 30.5 Å². The van der Waals surface area contributed by atoms with Crippen molar-refractivity contribution in [2.45, 2.75) is 25.8 Å². The van der Waals surface area contributed by atoms with Gasteiger partial charge in [-0.2, -0.15) is 0 Å². The molecule has 0 bridgehead atoms. The molecule has 0 radical (unpaired) electrons. The molecule has 148 valence electrons. The highest BCUT2D eigenvalue weighted by Crippen LogP contribution is 2.22. The number of nitrogens with one attached hydrogen (secondary N) is 1. The van der Waals surface area contributed by atoms with Crippen LogP contribution in [-0.4, -0.2) is 18.6 Å². The Bertz CT molecular complexity index is 959. The third kappa shape index (κ3) is 5.82. The molecule has 29 heavy (non-hydrogen) atoms. The lowest BCUT2D eigenvalue weighted by Gasteiger charge is -2.27. The maximum atomic E-state index is 13.3. The minimum absolute atomic E-state index is 0.0899. The third-order valence-corrected chi connectivity index (χ3v) is 4.70. The van der Waals surface area contributed by atoms with Crippen LogP contribution < -0.4 is 10.1 Å². The van der Waals surface area contributed by atoms with Crippen molar-refractivity contribution < 1.29 is 9.53 Å². The maximum Gasteiger partial charge on any atom is 0.252 e. The molecule has 0 atom stereocenters. The van der Waals surface area contributed by atoms with Crippen LogP contribution in [0.15, 0.2) is 84.9 Å².